The van der Waals surface area contributed by atoms with Crippen molar-refractivity contribution >= 4 is 21.6 Å². The summed E-state index contributed by atoms with van der Waals surface area (Å²) < 4.78 is 0.980. The van der Waals surface area contributed by atoms with Gasteiger partial charge in [0.1, 0.15) is 0 Å². The molecule has 0 aliphatic heterocycles. The van der Waals surface area contributed by atoms with Crippen LogP contribution in [0.25, 0.3) is 0 Å². The lowest BCUT2D eigenvalue weighted by molar-refractivity contribution is 0.191. The number of hydrogen-bond donors (Lipinski definition) is 2. The first kappa shape index (κ1) is 12.1. The van der Waals surface area contributed by atoms with Crippen LogP contribution >= 0.6 is 15.9 Å². The Balaban J connectivity index is 1.96. The normalized spacial score (nSPS) is 12.1. The van der Waals surface area contributed by atoms with E-state index >= 15 is 0 Å². The second-order valence-electron chi connectivity index (χ2n) is 3.82. The van der Waals surface area contributed by atoms with Crippen molar-refractivity contribution in [2.45, 2.75) is 6.10 Å². The summed E-state index contributed by atoms with van der Waals surface area (Å²) in [5.74, 6) is 0. The Morgan fingerprint density at radius 3 is 2.53 bits per heavy atom. The van der Waals surface area contributed by atoms with Gasteiger partial charge in [-0.1, -0.05) is 46.3 Å². The van der Waals surface area contributed by atoms with Crippen LogP contribution in [0.5, 0.6) is 0 Å². The Hall–Kier alpha value is -1.32. The average Bonchev–Trinajstić information content (AvgIpc) is 2.37. The molecule has 0 fully saturated rings. The fourth-order valence-electron chi connectivity index (χ4n) is 1.60. The number of anilines is 1. The maximum absolute atomic E-state index is 10.0. The number of aliphatic hydroxyl groups is 1. The first-order valence-electron chi connectivity index (χ1n) is 5.48. The minimum atomic E-state index is -0.507. The van der Waals surface area contributed by atoms with Crippen LogP contribution in [0.1, 0.15) is 11.7 Å². The fraction of sp³-hybridized carbons (Fsp3) is 0.143. The molecule has 1 unspecified atom stereocenters. The van der Waals surface area contributed by atoms with E-state index < -0.39 is 6.10 Å². The van der Waals surface area contributed by atoms with E-state index in [-0.39, 0.29) is 0 Å². The van der Waals surface area contributed by atoms with E-state index in [2.05, 4.69) is 21.2 Å². The minimum absolute atomic E-state index is 0.500. The molecule has 0 heterocycles. The molecule has 0 bridgehead atoms. The molecule has 3 heteroatoms. The van der Waals surface area contributed by atoms with Crippen molar-refractivity contribution in [3.8, 4) is 0 Å². The summed E-state index contributed by atoms with van der Waals surface area (Å²) in [6.07, 6.45) is -0.507. The quantitative estimate of drug-likeness (QED) is 0.902. The van der Waals surface area contributed by atoms with Gasteiger partial charge in [0.2, 0.25) is 0 Å². The minimum Gasteiger partial charge on any atom is -0.387 e. The molecule has 0 saturated heterocycles. The van der Waals surface area contributed by atoms with Crippen molar-refractivity contribution in [1.82, 2.24) is 0 Å². The molecule has 0 aliphatic rings. The highest BCUT2D eigenvalue weighted by Crippen LogP contribution is 2.18. The Morgan fingerprint density at radius 2 is 1.82 bits per heavy atom. The van der Waals surface area contributed by atoms with Crippen molar-refractivity contribution in [2.75, 3.05) is 11.9 Å². The van der Waals surface area contributed by atoms with E-state index in [1.165, 1.54) is 0 Å². The molecule has 0 spiro atoms. The van der Waals surface area contributed by atoms with Crippen LogP contribution in [-0.4, -0.2) is 11.7 Å². The number of rotatable bonds is 4. The van der Waals surface area contributed by atoms with Crippen LogP contribution < -0.4 is 5.32 Å². The van der Waals surface area contributed by atoms with E-state index in [4.69, 9.17) is 0 Å². The van der Waals surface area contributed by atoms with Crippen molar-refractivity contribution < 1.29 is 5.11 Å². The van der Waals surface area contributed by atoms with Gasteiger partial charge in [-0.05, 0) is 29.8 Å². The topological polar surface area (TPSA) is 32.3 Å². The van der Waals surface area contributed by atoms with Gasteiger partial charge in [-0.3, -0.25) is 0 Å². The lowest BCUT2D eigenvalue weighted by Gasteiger charge is -2.13. The highest BCUT2D eigenvalue weighted by molar-refractivity contribution is 9.10. The molecular weight excluding hydrogens is 278 g/mol. The standard InChI is InChI=1S/C14H14BrNO/c15-12-6-4-5-11(9-12)14(17)10-16-13-7-2-1-3-8-13/h1-9,14,16-17H,10H2. The zero-order chi connectivity index (χ0) is 12.1. The zero-order valence-electron chi connectivity index (χ0n) is 9.31. The Bertz CT molecular complexity index is 473. The van der Waals surface area contributed by atoms with E-state index in [0.29, 0.717) is 6.54 Å². The van der Waals surface area contributed by atoms with Gasteiger partial charge in [0.25, 0.3) is 0 Å². The average molecular weight is 292 g/mol. The highest BCUT2D eigenvalue weighted by atomic mass is 79.9. The van der Waals surface area contributed by atoms with E-state index in [9.17, 15) is 5.11 Å². The van der Waals surface area contributed by atoms with Gasteiger partial charge in [-0.25, -0.2) is 0 Å². The zero-order valence-corrected chi connectivity index (χ0v) is 10.9. The molecule has 2 aromatic carbocycles. The van der Waals surface area contributed by atoms with E-state index in [1.807, 2.05) is 54.6 Å². The van der Waals surface area contributed by atoms with Crippen molar-refractivity contribution in [1.29, 1.82) is 0 Å². The van der Waals surface area contributed by atoms with Gasteiger partial charge in [-0.15, -0.1) is 0 Å². The van der Waals surface area contributed by atoms with Crippen LogP contribution in [0, 0.1) is 0 Å². The predicted molar refractivity (Wildman–Crippen MR) is 74.0 cm³/mol. The molecule has 2 aromatic rings. The summed E-state index contributed by atoms with van der Waals surface area (Å²) in [5, 5.41) is 13.2. The maximum atomic E-state index is 10.0. The van der Waals surface area contributed by atoms with Crippen LogP contribution in [-0.2, 0) is 0 Å². The third-order valence-corrected chi connectivity index (χ3v) is 3.00. The summed E-state index contributed by atoms with van der Waals surface area (Å²) in [4.78, 5) is 0. The van der Waals surface area contributed by atoms with Crippen molar-refractivity contribution in [3.63, 3.8) is 0 Å². The largest absolute Gasteiger partial charge is 0.387 e. The van der Waals surface area contributed by atoms with Crippen LogP contribution in [0.2, 0.25) is 0 Å². The number of benzene rings is 2. The predicted octanol–water partition coefficient (Wildman–Crippen LogP) is 3.59. The summed E-state index contributed by atoms with van der Waals surface area (Å²) in [6, 6.07) is 17.6. The monoisotopic (exact) mass is 291 g/mol. The van der Waals surface area contributed by atoms with Gasteiger partial charge >= 0.3 is 0 Å². The maximum Gasteiger partial charge on any atom is 0.0962 e. The molecule has 0 radical (unpaired) electrons. The second-order valence-corrected chi connectivity index (χ2v) is 4.73. The molecule has 0 amide bonds. The smallest absolute Gasteiger partial charge is 0.0962 e. The highest BCUT2D eigenvalue weighted by Gasteiger charge is 2.06. The van der Waals surface area contributed by atoms with E-state index in [0.717, 1.165) is 15.7 Å². The Labute approximate surface area is 109 Å². The van der Waals surface area contributed by atoms with Crippen molar-refractivity contribution in [2.24, 2.45) is 0 Å². The van der Waals surface area contributed by atoms with Gasteiger partial charge in [0, 0.05) is 16.7 Å². The molecule has 88 valence electrons. The summed E-state index contributed by atoms with van der Waals surface area (Å²) in [6.45, 7) is 0.500. The van der Waals surface area contributed by atoms with Gasteiger partial charge in [-0.2, -0.15) is 0 Å². The molecule has 2 rings (SSSR count). The lowest BCUT2D eigenvalue weighted by atomic mass is 10.1. The van der Waals surface area contributed by atoms with Crippen LogP contribution in [0.4, 0.5) is 5.69 Å². The van der Waals surface area contributed by atoms with Crippen molar-refractivity contribution in [3.05, 3.63) is 64.6 Å². The number of hydrogen-bond acceptors (Lipinski definition) is 2. The summed E-state index contributed by atoms with van der Waals surface area (Å²) in [7, 11) is 0. The molecule has 17 heavy (non-hydrogen) atoms. The first-order chi connectivity index (χ1) is 8.25. The Morgan fingerprint density at radius 1 is 1.06 bits per heavy atom. The third-order valence-electron chi connectivity index (χ3n) is 2.51. The number of aliphatic hydroxyl groups excluding tert-OH is 1. The first-order valence-corrected chi connectivity index (χ1v) is 6.27. The molecular formula is C14H14BrNO. The fourth-order valence-corrected chi connectivity index (χ4v) is 2.02. The van der Waals surface area contributed by atoms with Crippen LogP contribution in [0.3, 0.4) is 0 Å². The molecule has 0 saturated carbocycles. The number of para-hydroxylation sites is 1. The Kier molecular flexibility index (Phi) is 4.18. The summed E-state index contributed by atoms with van der Waals surface area (Å²) >= 11 is 3.39. The van der Waals surface area contributed by atoms with Gasteiger partial charge < -0.3 is 10.4 Å². The molecule has 2 N–H and O–H groups in total. The SMILES string of the molecule is OC(CNc1ccccc1)c1cccc(Br)c1. The molecule has 2 nitrogen and oxygen atoms in total. The van der Waals surface area contributed by atoms with E-state index in [1.54, 1.807) is 0 Å². The molecule has 1 atom stereocenters. The number of nitrogens with one attached hydrogen (secondary N) is 1. The number of halogens is 1. The summed E-state index contributed by atoms with van der Waals surface area (Å²) in [5.41, 5.74) is 1.92. The second kappa shape index (κ2) is 5.84. The molecule has 0 aromatic heterocycles. The lowest BCUT2D eigenvalue weighted by Crippen LogP contribution is -2.11. The van der Waals surface area contributed by atoms with Crippen LogP contribution in [0.15, 0.2) is 59.1 Å². The third kappa shape index (κ3) is 3.58. The van der Waals surface area contributed by atoms with Gasteiger partial charge in [0.15, 0.2) is 0 Å². The molecule has 0 aliphatic carbocycles. The van der Waals surface area contributed by atoms with Gasteiger partial charge in [0.05, 0.1) is 6.10 Å².